The Morgan fingerprint density at radius 2 is 2.19 bits per heavy atom. The second-order valence-corrected chi connectivity index (χ2v) is 5.48. The van der Waals surface area contributed by atoms with E-state index in [2.05, 4.69) is 4.90 Å². The minimum absolute atomic E-state index is 0.0124. The number of benzene rings is 1. The normalized spacial score (nSPS) is 21.0. The highest BCUT2D eigenvalue weighted by molar-refractivity contribution is 5.94. The lowest BCUT2D eigenvalue weighted by Crippen LogP contribution is -2.52. The van der Waals surface area contributed by atoms with Crippen molar-refractivity contribution in [3.8, 4) is 0 Å². The monoisotopic (exact) mass is 291 g/mol. The fraction of sp³-hybridized carbons (Fsp3) is 0.562. The highest BCUT2D eigenvalue weighted by atomic mass is 16.5. The molecule has 2 unspecified atom stereocenters. The third-order valence-corrected chi connectivity index (χ3v) is 3.81. The predicted octanol–water partition coefficient (Wildman–Crippen LogP) is 1.09. The van der Waals surface area contributed by atoms with Crippen LogP contribution in [0.2, 0.25) is 0 Å². The summed E-state index contributed by atoms with van der Waals surface area (Å²) >= 11 is 0. The van der Waals surface area contributed by atoms with Gasteiger partial charge in [-0.05, 0) is 26.0 Å². The van der Waals surface area contributed by atoms with Gasteiger partial charge in [0.15, 0.2) is 0 Å². The average molecular weight is 291 g/mol. The Bertz CT molecular complexity index is 450. The number of carbonyl (C=O) groups excluding carboxylic acids is 1. The fourth-order valence-electron chi connectivity index (χ4n) is 2.58. The molecular weight excluding hydrogens is 266 g/mol. The van der Waals surface area contributed by atoms with Crippen LogP contribution in [0.25, 0.3) is 0 Å². The lowest BCUT2D eigenvalue weighted by Gasteiger charge is -2.35. The summed E-state index contributed by atoms with van der Waals surface area (Å²) in [5, 5.41) is 0. The zero-order chi connectivity index (χ0) is 15.2. The number of ether oxygens (including phenoxy) is 1. The standard InChI is InChI=1S/C16H25N3O2/c1-3-19(14-7-5-4-6-8-14)16(20)12-18-9-10-21-15(11-18)13(2)17/h4-8,13,15H,3,9-12,17H2,1-2H3. The van der Waals surface area contributed by atoms with E-state index in [1.54, 1.807) is 0 Å². The van der Waals surface area contributed by atoms with Crippen LogP contribution in [0.3, 0.4) is 0 Å². The Balaban J connectivity index is 1.96. The molecule has 0 spiro atoms. The van der Waals surface area contributed by atoms with Crippen molar-refractivity contribution >= 4 is 11.6 Å². The van der Waals surface area contributed by atoms with Crippen molar-refractivity contribution in [1.82, 2.24) is 4.90 Å². The lowest BCUT2D eigenvalue weighted by molar-refractivity contribution is -0.122. The molecule has 0 bridgehead atoms. The Kier molecular flexibility index (Phi) is 5.73. The fourth-order valence-corrected chi connectivity index (χ4v) is 2.58. The number of carbonyl (C=O) groups is 1. The van der Waals surface area contributed by atoms with E-state index in [9.17, 15) is 4.79 Å². The van der Waals surface area contributed by atoms with Crippen molar-refractivity contribution in [2.75, 3.05) is 37.7 Å². The maximum atomic E-state index is 12.5. The summed E-state index contributed by atoms with van der Waals surface area (Å²) in [5.74, 6) is 0.119. The number of rotatable bonds is 5. The molecule has 0 saturated carbocycles. The van der Waals surface area contributed by atoms with Crippen molar-refractivity contribution in [2.24, 2.45) is 5.73 Å². The van der Waals surface area contributed by atoms with Gasteiger partial charge >= 0.3 is 0 Å². The van der Waals surface area contributed by atoms with Gasteiger partial charge in [0.2, 0.25) is 5.91 Å². The number of para-hydroxylation sites is 1. The summed E-state index contributed by atoms with van der Waals surface area (Å²) in [6, 6.07) is 9.77. The highest BCUT2D eigenvalue weighted by Crippen LogP contribution is 2.14. The number of likely N-dealkylation sites (N-methyl/N-ethyl adjacent to an activating group) is 1. The van der Waals surface area contributed by atoms with Gasteiger partial charge in [-0.3, -0.25) is 9.69 Å². The van der Waals surface area contributed by atoms with Crippen LogP contribution in [0.4, 0.5) is 5.69 Å². The van der Waals surface area contributed by atoms with Crippen molar-refractivity contribution in [2.45, 2.75) is 26.0 Å². The van der Waals surface area contributed by atoms with Crippen LogP contribution >= 0.6 is 0 Å². The van der Waals surface area contributed by atoms with Crippen LogP contribution in [0.5, 0.6) is 0 Å². The second-order valence-electron chi connectivity index (χ2n) is 5.48. The van der Waals surface area contributed by atoms with E-state index in [0.717, 1.165) is 18.8 Å². The largest absolute Gasteiger partial charge is 0.374 e. The van der Waals surface area contributed by atoms with Crippen LogP contribution in [0, 0.1) is 0 Å². The molecule has 1 aliphatic heterocycles. The van der Waals surface area contributed by atoms with Crippen LogP contribution < -0.4 is 10.6 Å². The third-order valence-electron chi connectivity index (χ3n) is 3.81. The van der Waals surface area contributed by atoms with Crippen LogP contribution in [0.15, 0.2) is 30.3 Å². The second kappa shape index (κ2) is 7.54. The molecule has 2 rings (SSSR count). The third kappa shape index (κ3) is 4.27. The van der Waals surface area contributed by atoms with E-state index in [4.69, 9.17) is 10.5 Å². The van der Waals surface area contributed by atoms with Crippen LogP contribution in [-0.4, -0.2) is 55.7 Å². The van der Waals surface area contributed by atoms with Crippen molar-refractivity contribution < 1.29 is 9.53 Å². The number of anilines is 1. The molecule has 0 radical (unpaired) electrons. The molecule has 21 heavy (non-hydrogen) atoms. The van der Waals surface area contributed by atoms with Crippen molar-refractivity contribution in [3.63, 3.8) is 0 Å². The summed E-state index contributed by atoms with van der Waals surface area (Å²) in [6.07, 6.45) is 0.0124. The molecule has 116 valence electrons. The Morgan fingerprint density at radius 3 is 2.81 bits per heavy atom. The van der Waals surface area contributed by atoms with Crippen LogP contribution in [-0.2, 0) is 9.53 Å². The lowest BCUT2D eigenvalue weighted by atomic mass is 10.1. The zero-order valence-electron chi connectivity index (χ0n) is 12.9. The highest BCUT2D eigenvalue weighted by Gasteiger charge is 2.26. The van der Waals surface area contributed by atoms with E-state index in [-0.39, 0.29) is 18.1 Å². The first kappa shape index (κ1) is 15.9. The summed E-state index contributed by atoms with van der Waals surface area (Å²) in [5.41, 5.74) is 6.84. The maximum Gasteiger partial charge on any atom is 0.241 e. The van der Waals surface area contributed by atoms with Gasteiger partial charge in [-0.1, -0.05) is 18.2 Å². The van der Waals surface area contributed by atoms with Gasteiger partial charge in [-0.25, -0.2) is 0 Å². The number of amides is 1. The molecule has 1 fully saturated rings. The van der Waals surface area contributed by atoms with E-state index < -0.39 is 0 Å². The molecule has 1 amide bonds. The predicted molar refractivity (Wildman–Crippen MR) is 84.3 cm³/mol. The molecule has 0 aromatic heterocycles. The van der Waals surface area contributed by atoms with Gasteiger partial charge in [0.25, 0.3) is 0 Å². The molecule has 5 nitrogen and oxygen atoms in total. The Hall–Kier alpha value is -1.43. The van der Waals surface area contributed by atoms with Gasteiger partial charge in [0.1, 0.15) is 0 Å². The number of hydrogen-bond donors (Lipinski definition) is 1. The first-order valence-corrected chi connectivity index (χ1v) is 7.56. The molecular formula is C16H25N3O2. The minimum Gasteiger partial charge on any atom is -0.374 e. The molecule has 1 aromatic rings. The van der Waals surface area contributed by atoms with E-state index in [1.807, 2.05) is 49.1 Å². The number of nitrogens with two attached hydrogens (primary N) is 1. The zero-order valence-corrected chi connectivity index (χ0v) is 12.9. The first-order chi connectivity index (χ1) is 10.1. The van der Waals surface area contributed by atoms with Gasteiger partial charge < -0.3 is 15.4 Å². The topological polar surface area (TPSA) is 58.8 Å². The van der Waals surface area contributed by atoms with Crippen molar-refractivity contribution in [3.05, 3.63) is 30.3 Å². The number of hydrogen-bond acceptors (Lipinski definition) is 4. The summed E-state index contributed by atoms with van der Waals surface area (Å²) in [4.78, 5) is 16.5. The van der Waals surface area contributed by atoms with Gasteiger partial charge in [0, 0.05) is 31.4 Å². The van der Waals surface area contributed by atoms with Gasteiger partial charge in [-0.2, -0.15) is 0 Å². The van der Waals surface area contributed by atoms with Crippen LogP contribution in [0.1, 0.15) is 13.8 Å². The number of nitrogens with zero attached hydrogens (tertiary/aromatic N) is 2. The first-order valence-electron chi connectivity index (χ1n) is 7.56. The summed E-state index contributed by atoms with van der Waals surface area (Å²) in [6.45, 7) is 7.15. The van der Waals surface area contributed by atoms with Gasteiger partial charge in [-0.15, -0.1) is 0 Å². The molecule has 0 aliphatic carbocycles. The van der Waals surface area contributed by atoms with Crippen molar-refractivity contribution in [1.29, 1.82) is 0 Å². The van der Waals surface area contributed by atoms with E-state index >= 15 is 0 Å². The van der Waals surface area contributed by atoms with E-state index in [0.29, 0.717) is 19.7 Å². The Morgan fingerprint density at radius 1 is 1.48 bits per heavy atom. The Labute approximate surface area is 126 Å². The quantitative estimate of drug-likeness (QED) is 0.882. The summed E-state index contributed by atoms with van der Waals surface area (Å²) < 4.78 is 5.63. The molecule has 1 aromatic carbocycles. The molecule has 1 saturated heterocycles. The molecule has 2 N–H and O–H groups in total. The van der Waals surface area contributed by atoms with Gasteiger partial charge in [0.05, 0.1) is 19.3 Å². The number of morpholine rings is 1. The molecule has 5 heteroatoms. The SMILES string of the molecule is CCN(C(=O)CN1CCOC(C(C)N)C1)c1ccccc1. The smallest absolute Gasteiger partial charge is 0.241 e. The van der Waals surface area contributed by atoms with E-state index in [1.165, 1.54) is 0 Å². The minimum atomic E-state index is -0.0145. The molecule has 1 heterocycles. The molecule has 2 atom stereocenters. The summed E-state index contributed by atoms with van der Waals surface area (Å²) in [7, 11) is 0. The molecule has 1 aliphatic rings. The average Bonchev–Trinajstić information content (AvgIpc) is 2.49. The maximum absolute atomic E-state index is 12.5.